The Morgan fingerprint density at radius 3 is 2.32 bits per heavy atom. The van der Waals surface area contributed by atoms with Gasteiger partial charge in [0.25, 0.3) is 0 Å². The minimum Gasteiger partial charge on any atom is -0.496 e. The van der Waals surface area contributed by atoms with E-state index in [2.05, 4.69) is 46.9 Å². The summed E-state index contributed by atoms with van der Waals surface area (Å²) >= 11 is 2.35. The van der Waals surface area contributed by atoms with Crippen molar-refractivity contribution in [1.82, 2.24) is 0 Å². The molecule has 4 aromatic rings. The molecule has 1 atom stereocenters. The summed E-state index contributed by atoms with van der Waals surface area (Å²) in [5, 5.41) is 2.27. The second-order valence-electron chi connectivity index (χ2n) is 6.56. The minimum absolute atomic E-state index is 0.729. The van der Waals surface area contributed by atoms with E-state index in [-0.39, 0.29) is 0 Å². The lowest BCUT2D eigenvalue weighted by Crippen LogP contribution is -2.00. The third-order valence-electron chi connectivity index (χ3n) is 4.77. The number of ether oxygens (including phenoxy) is 1. The fourth-order valence-corrected chi connectivity index (χ4v) is 5.34. The molecule has 0 unspecified atom stereocenters. The van der Waals surface area contributed by atoms with Crippen molar-refractivity contribution in [2.45, 2.75) is 16.7 Å². The molecule has 0 spiro atoms. The van der Waals surface area contributed by atoms with Gasteiger partial charge in [0, 0.05) is 19.6 Å². The van der Waals surface area contributed by atoms with Gasteiger partial charge in [-0.3, -0.25) is 0 Å². The van der Waals surface area contributed by atoms with Crippen LogP contribution in [0.1, 0.15) is 5.56 Å². The molecule has 2 nitrogen and oxygen atoms in total. The normalized spacial score (nSPS) is 12.1. The molecular formula is C24H19IO2S. The molecule has 0 saturated carbocycles. The Labute approximate surface area is 181 Å². The molecule has 0 aliphatic heterocycles. The largest absolute Gasteiger partial charge is 0.496 e. The molecule has 28 heavy (non-hydrogen) atoms. The average molecular weight is 498 g/mol. The number of halogens is 1. The number of methoxy groups -OCH3 is 1. The molecule has 0 bridgehead atoms. The minimum atomic E-state index is -1.31. The lowest BCUT2D eigenvalue weighted by atomic mass is 9.97. The van der Waals surface area contributed by atoms with E-state index in [1.54, 1.807) is 7.11 Å². The smallest absolute Gasteiger partial charge is 0.127 e. The van der Waals surface area contributed by atoms with Crippen molar-refractivity contribution in [2.24, 2.45) is 0 Å². The second kappa shape index (κ2) is 8.05. The maximum absolute atomic E-state index is 13.5. The highest BCUT2D eigenvalue weighted by atomic mass is 127. The molecule has 4 heteroatoms. The molecule has 0 aliphatic carbocycles. The zero-order chi connectivity index (χ0) is 19.7. The van der Waals surface area contributed by atoms with Gasteiger partial charge in [-0.1, -0.05) is 54.1 Å². The lowest BCUT2D eigenvalue weighted by Gasteiger charge is -2.17. The topological polar surface area (TPSA) is 26.3 Å². The number of rotatable bonds is 4. The van der Waals surface area contributed by atoms with E-state index < -0.39 is 10.8 Å². The summed E-state index contributed by atoms with van der Waals surface area (Å²) in [6.45, 7) is 2.03. The highest BCUT2D eigenvalue weighted by molar-refractivity contribution is 14.1. The van der Waals surface area contributed by atoms with Crippen LogP contribution in [-0.2, 0) is 10.8 Å². The fourth-order valence-electron chi connectivity index (χ4n) is 3.37. The molecule has 0 amide bonds. The Hall–Kier alpha value is -2.18. The van der Waals surface area contributed by atoms with Gasteiger partial charge in [-0.2, -0.15) is 0 Å². The van der Waals surface area contributed by atoms with Crippen molar-refractivity contribution in [1.29, 1.82) is 0 Å². The van der Waals surface area contributed by atoms with Gasteiger partial charge in [0.1, 0.15) is 5.75 Å². The van der Waals surface area contributed by atoms with Crippen molar-refractivity contribution in [3.63, 3.8) is 0 Å². The van der Waals surface area contributed by atoms with Crippen molar-refractivity contribution >= 4 is 44.2 Å². The van der Waals surface area contributed by atoms with Crippen LogP contribution in [0.2, 0.25) is 0 Å². The van der Waals surface area contributed by atoms with Crippen LogP contribution in [0.25, 0.3) is 21.9 Å². The van der Waals surface area contributed by atoms with Crippen LogP contribution in [0.15, 0.2) is 88.7 Å². The van der Waals surface area contributed by atoms with E-state index in [4.69, 9.17) is 4.74 Å². The molecule has 4 aromatic carbocycles. The first-order valence-corrected chi connectivity index (χ1v) is 11.2. The summed E-state index contributed by atoms with van der Waals surface area (Å²) in [5.74, 6) is 0.729. The molecule has 0 saturated heterocycles. The van der Waals surface area contributed by atoms with E-state index in [1.165, 1.54) is 0 Å². The van der Waals surface area contributed by atoms with Gasteiger partial charge in [-0.25, -0.2) is 4.21 Å². The van der Waals surface area contributed by atoms with Crippen LogP contribution < -0.4 is 4.74 Å². The van der Waals surface area contributed by atoms with Crippen molar-refractivity contribution < 1.29 is 8.95 Å². The SMILES string of the molecule is COc1cccc([S@@](=O)c2ccc(C)cc2)c1-c1c(I)ccc2ccccc12. The van der Waals surface area contributed by atoms with Gasteiger partial charge in [-0.15, -0.1) is 0 Å². The number of benzene rings is 4. The van der Waals surface area contributed by atoms with E-state index in [0.717, 1.165) is 46.6 Å². The summed E-state index contributed by atoms with van der Waals surface area (Å²) < 4.78 is 20.3. The van der Waals surface area contributed by atoms with Gasteiger partial charge in [0.05, 0.1) is 22.8 Å². The predicted octanol–water partition coefficient (Wildman–Crippen LogP) is 6.60. The molecule has 0 aromatic heterocycles. The Bertz CT molecular complexity index is 1180. The van der Waals surface area contributed by atoms with Crippen LogP contribution >= 0.6 is 22.6 Å². The highest BCUT2D eigenvalue weighted by Gasteiger charge is 2.21. The van der Waals surface area contributed by atoms with Gasteiger partial charge in [0.15, 0.2) is 0 Å². The van der Waals surface area contributed by atoms with Crippen LogP contribution in [0, 0.1) is 10.5 Å². The predicted molar refractivity (Wildman–Crippen MR) is 125 cm³/mol. The van der Waals surface area contributed by atoms with Crippen molar-refractivity contribution in [3.8, 4) is 16.9 Å². The molecule has 0 N–H and O–H groups in total. The lowest BCUT2D eigenvalue weighted by molar-refractivity contribution is 0.415. The summed E-state index contributed by atoms with van der Waals surface area (Å²) in [7, 11) is 0.349. The molecule has 4 rings (SSSR count). The van der Waals surface area contributed by atoms with Gasteiger partial charge in [0.2, 0.25) is 0 Å². The Balaban J connectivity index is 2.02. The Morgan fingerprint density at radius 1 is 0.821 bits per heavy atom. The second-order valence-corrected chi connectivity index (χ2v) is 9.17. The van der Waals surface area contributed by atoms with Gasteiger partial charge in [-0.05, 0) is 70.6 Å². The molecule has 0 aliphatic rings. The summed E-state index contributed by atoms with van der Waals surface area (Å²) in [5.41, 5.74) is 3.10. The Morgan fingerprint density at radius 2 is 1.57 bits per heavy atom. The van der Waals surface area contributed by atoms with Crippen LogP contribution in [-0.4, -0.2) is 11.3 Å². The first-order chi connectivity index (χ1) is 13.6. The number of hydrogen-bond donors (Lipinski definition) is 0. The Kier molecular flexibility index (Phi) is 5.51. The first-order valence-electron chi connectivity index (χ1n) is 8.93. The highest BCUT2D eigenvalue weighted by Crippen LogP contribution is 2.42. The third-order valence-corrected chi connectivity index (χ3v) is 7.11. The fraction of sp³-hybridized carbons (Fsp3) is 0.0833. The number of aryl methyl sites for hydroxylation is 1. The van der Waals surface area contributed by atoms with E-state index in [9.17, 15) is 4.21 Å². The molecule has 0 heterocycles. The van der Waals surface area contributed by atoms with Gasteiger partial charge >= 0.3 is 0 Å². The standard InChI is InChI=1S/C24H19IO2S/c1-16-10-13-18(14-11-16)28(26)22-9-5-8-21(27-2)24(22)23-19-7-4-3-6-17(19)12-15-20(23)25/h3-15H,1-2H3/t28-/m0/s1. The molecule has 0 radical (unpaired) electrons. The van der Waals surface area contributed by atoms with Gasteiger partial charge < -0.3 is 4.74 Å². The maximum atomic E-state index is 13.5. The van der Waals surface area contributed by atoms with E-state index in [1.807, 2.05) is 61.5 Å². The maximum Gasteiger partial charge on any atom is 0.127 e. The summed E-state index contributed by atoms with van der Waals surface area (Å²) in [6.07, 6.45) is 0. The van der Waals surface area contributed by atoms with Crippen LogP contribution in [0.5, 0.6) is 5.75 Å². The van der Waals surface area contributed by atoms with Crippen molar-refractivity contribution in [3.05, 3.63) is 88.0 Å². The summed E-state index contributed by atoms with van der Waals surface area (Å²) in [6, 6.07) is 26.1. The molecular weight excluding hydrogens is 479 g/mol. The number of fused-ring (bicyclic) bond motifs is 1. The molecule has 140 valence electrons. The van der Waals surface area contributed by atoms with Crippen LogP contribution in [0.4, 0.5) is 0 Å². The monoisotopic (exact) mass is 498 g/mol. The zero-order valence-electron chi connectivity index (χ0n) is 15.6. The van der Waals surface area contributed by atoms with Crippen molar-refractivity contribution in [2.75, 3.05) is 7.11 Å². The number of hydrogen-bond acceptors (Lipinski definition) is 2. The van der Waals surface area contributed by atoms with E-state index in [0.29, 0.717) is 0 Å². The van der Waals surface area contributed by atoms with Crippen LogP contribution in [0.3, 0.4) is 0 Å². The first kappa shape index (κ1) is 19.2. The quantitative estimate of drug-likeness (QED) is 0.297. The van der Waals surface area contributed by atoms with E-state index >= 15 is 0 Å². The summed E-state index contributed by atoms with van der Waals surface area (Å²) in [4.78, 5) is 1.55. The third kappa shape index (κ3) is 3.47. The zero-order valence-corrected chi connectivity index (χ0v) is 18.6. The molecule has 0 fully saturated rings. The average Bonchev–Trinajstić information content (AvgIpc) is 2.73.